The molecule has 0 aromatic carbocycles. The van der Waals surface area contributed by atoms with Crippen LogP contribution in [0.3, 0.4) is 0 Å². The lowest BCUT2D eigenvalue weighted by Crippen LogP contribution is -2.32. The summed E-state index contributed by atoms with van der Waals surface area (Å²) in [6, 6.07) is 0. The van der Waals surface area contributed by atoms with Gasteiger partial charge in [0.05, 0.1) is 0 Å². The average molecular weight is 229 g/mol. The van der Waals surface area contributed by atoms with Crippen LogP contribution in [0.1, 0.15) is 46.5 Å². The van der Waals surface area contributed by atoms with Gasteiger partial charge in [0.1, 0.15) is 0 Å². The Kier molecular flexibility index (Phi) is 6.06. The maximum absolute atomic E-state index is 5.87. The first-order valence-electron chi connectivity index (χ1n) is 6.49. The summed E-state index contributed by atoms with van der Waals surface area (Å²) in [6.45, 7) is 7.85. The van der Waals surface area contributed by atoms with Gasteiger partial charge in [0.25, 0.3) is 0 Å². The molecule has 1 aliphatic carbocycles. The summed E-state index contributed by atoms with van der Waals surface area (Å²) in [6.07, 6.45) is 5.55. The predicted molar refractivity (Wildman–Crippen MR) is 71.3 cm³/mol. The lowest BCUT2D eigenvalue weighted by atomic mass is 9.80. The van der Waals surface area contributed by atoms with Crippen molar-refractivity contribution in [1.29, 1.82) is 0 Å². The second kappa shape index (κ2) is 6.80. The minimum Gasteiger partial charge on any atom is -0.330 e. The Hall–Kier alpha value is 0.310. The summed E-state index contributed by atoms with van der Waals surface area (Å²) in [5.41, 5.74) is 5.87. The molecule has 1 fully saturated rings. The molecule has 2 N–H and O–H groups in total. The second-order valence-corrected chi connectivity index (χ2v) is 6.62. The van der Waals surface area contributed by atoms with Gasteiger partial charge in [-0.05, 0) is 42.9 Å². The number of hydrogen-bond acceptors (Lipinski definition) is 2. The largest absolute Gasteiger partial charge is 0.330 e. The van der Waals surface area contributed by atoms with E-state index in [1.807, 2.05) is 0 Å². The molecule has 0 aromatic rings. The van der Waals surface area contributed by atoms with Crippen molar-refractivity contribution in [3.05, 3.63) is 0 Å². The number of hydrogen-bond donors (Lipinski definition) is 1. The topological polar surface area (TPSA) is 26.0 Å². The van der Waals surface area contributed by atoms with Crippen molar-refractivity contribution in [3.63, 3.8) is 0 Å². The molecule has 15 heavy (non-hydrogen) atoms. The standard InChI is InChI=1S/C13H27NS/c1-4-11-5-6-12(8-14)13(7-11)15-9-10(2)3/h10-13H,4-9,14H2,1-3H3. The molecule has 0 saturated heterocycles. The molecule has 1 nitrogen and oxygen atoms in total. The Bertz CT molecular complexity index is 170. The molecule has 3 unspecified atom stereocenters. The highest BCUT2D eigenvalue weighted by molar-refractivity contribution is 7.99. The van der Waals surface area contributed by atoms with Crippen LogP contribution in [0.4, 0.5) is 0 Å². The minimum atomic E-state index is 0.788. The Morgan fingerprint density at radius 3 is 2.60 bits per heavy atom. The predicted octanol–water partition coefficient (Wildman–Crippen LogP) is 3.53. The molecule has 0 amide bonds. The Morgan fingerprint density at radius 2 is 2.07 bits per heavy atom. The third-order valence-electron chi connectivity index (χ3n) is 3.56. The molecule has 0 aromatic heterocycles. The highest BCUT2D eigenvalue weighted by Crippen LogP contribution is 2.37. The quantitative estimate of drug-likeness (QED) is 0.780. The van der Waals surface area contributed by atoms with Crippen molar-refractivity contribution in [1.82, 2.24) is 0 Å². The van der Waals surface area contributed by atoms with E-state index in [1.54, 1.807) is 0 Å². The summed E-state index contributed by atoms with van der Waals surface area (Å²) in [5, 5.41) is 0.844. The summed E-state index contributed by atoms with van der Waals surface area (Å²) in [7, 11) is 0. The lowest BCUT2D eigenvalue weighted by molar-refractivity contribution is 0.283. The van der Waals surface area contributed by atoms with Crippen molar-refractivity contribution in [2.45, 2.75) is 51.7 Å². The van der Waals surface area contributed by atoms with E-state index < -0.39 is 0 Å². The van der Waals surface area contributed by atoms with E-state index in [2.05, 4.69) is 32.5 Å². The zero-order valence-corrected chi connectivity index (χ0v) is 11.4. The van der Waals surface area contributed by atoms with Crippen LogP contribution >= 0.6 is 11.8 Å². The smallest absolute Gasteiger partial charge is 0.00900 e. The van der Waals surface area contributed by atoms with Crippen molar-refractivity contribution in [3.8, 4) is 0 Å². The zero-order chi connectivity index (χ0) is 11.3. The van der Waals surface area contributed by atoms with Gasteiger partial charge in [-0.15, -0.1) is 0 Å². The molecule has 1 rings (SSSR count). The fourth-order valence-electron chi connectivity index (χ4n) is 2.44. The highest BCUT2D eigenvalue weighted by Gasteiger charge is 2.29. The first-order chi connectivity index (χ1) is 7.17. The summed E-state index contributed by atoms with van der Waals surface area (Å²) in [4.78, 5) is 0. The van der Waals surface area contributed by atoms with E-state index in [0.29, 0.717) is 0 Å². The SMILES string of the molecule is CCC1CCC(CN)C(SCC(C)C)C1. The fraction of sp³-hybridized carbons (Fsp3) is 1.00. The van der Waals surface area contributed by atoms with Crippen LogP contribution in [0.15, 0.2) is 0 Å². The van der Waals surface area contributed by atoms with Gasteiger partial charge in [-0.3, -0.25) is 0 Å². The van der Waals surface area contributed by atoms with Crippen LogP contribution < -0.4 is 5.73 Å². The molecular formula is C13H27NS. The third-order valence-corrected chi connectivity index (χ3v) is 5.43. The van der Waals surface area contributed by atoms with E-state index in [4.69, 9.17) is 5.73 Å². The van der Waals surface area contributed by atoms with Crippen LogP contribution in [-0.4, -0.2) is 17.5 Å². The van der Waals surface area contributed by atoms with Gasteiger partial charge in [0, 0.05) is 5.25 Å². The van der Waals surface area contributed by atoms with Crippen molar-refractivity contribution in [2.75, 3.05) is 12.3 Å². The lowest BCUT2D eigenvalue weighted by Gasteiger charge is -2.35. The van der Waals surface area contributed by atoms with Crippen LogP contribution in [0.2, 0.25) is 0 Å². The Balaban J connectivity index is 2.40. The zero-order valence-electron chi connectivity index (χ0n) is 10.5. The number of nitrogens with two attached hydrogens (primary N) is 1. The van der Waals surface area contributed by atoms with E-state index >= 15 is 0 Å². The number of thioether (sulfide) groups is 1. The van der Waals surface area contributed by atoms with E-state index in [0.717, 1.165) is 29.5 Å². The van der Waals surface area contributed by atoms with Crippen molar-refractivity contribution >= 4 is 11.8 Å². The van der Waals surface area contributed by atoms with Gasteiger partial charge in [0.15, 0.2) is 0 Å². The Morgan fingerprint density at radius 1 is 1.33 bits per heavy atom. The van der Waals surface area contributed by atoms with E-state index in [1.165, 1.54) is 31.4 Å². The molecule has 0 heterocycles. The first kappa shape index (κ1) is 13.4. The maximum Gasteiger partial charge on any atom is 0.00900 e. The Labute approximate surface area is 99.6 Å². The molecule has 0 aliphatic heterocycles. The van der Waals surface area contributed by atoms with E-state index in [-0.39, 0.29) is 0 Å². The summed E-state index contributed by atoms with van der Waals surface area (Å²) in [5.74, 6) is 3.88. The van der Waals surface area contributed by atoms with Gasteiger partial charge < -0.3 is 5.73 Å². The van der Waals surface area contributed by atoms with Crippen LogP contribution in [-0.2, 0) is 0 Å². The fourth-order valence-corrected chi connectivity index (χ4v) is 3.99. The van der Waals surface area contributed by atoms with Gasteiger partial charge in [-0.25, -0.2) is 0 Å². The highest BCUT2D eigenvalue weighted by atomic mass is 32.2. The van der Waals surface area contributed by atoms with Gasteiger partial charge in [-0.1, -0.05) is 33.6 Å². The molecule has 0 spiro atoms. The minimum absolute atomic E-state index is 0.788. The van der Waals surface area contributed by atoms with Gasteiger partial charge in [-0.2, -0.15) is 11.8 Å². The van der Waals surface area contributed by atoms with Crippen LogP contribution in [0.25, 0.3) is 0 Å². The normalized spacial score (nSPS) is 32.2. The van der Waals surface area contributed by atoms with Crippen LogP contribution in [0, 0.1) is 17.8 Å². The second-order valence-electron chi connectivity index (χ2n) is 5.35. The maximum atomic E-state index is 5.87. The van der Waals surface area contributed by atoms with Crippen molar-refractivity contribution in [2.24, 2.45) is 23.5 Å². The van der Waals surface area contributed by atoms with E-state index in [9.17, 15) is 0 Å². The molecule has 3 atom stereocenters. The molecule has 1 saturated carbocycles. The van der Waals surface area contributed by atoms with Gasteiger partial charge >= 0.3 is 0 Å². The molecule has 1 aliphatic rings. The average Bonchev–Trinajstić information content (AvgIpc) is 2.25. The molecular weight excluding hydrogens is 202 g/mol. The molecule has 0 radical (unpaired) electrons. The monoisotopic (exact) mass is 229 g/mol. The first-order valence-corrected chi connectivity index (χ1v) is 7.53. The summed E-state index contributed by atoms with van der Waals surface area (Å²) >= 11 is 2.18. The van der Waals surface area contributed by atoms with Crippen molar-refractivity contribution < 1.29 is 0 Å². The molecule has 0 bridgehead atoms. The van der Waals surface area contributed by atoms with Crippen LogP contribution in [0.5, 0.6) is 0 Å². The number of rotatable bonds is 5. The summed E-state index contributed by atoms with van der Waals surface area (Å²) < 4.78 is 0. The molecule has 90 valence electrons. The van der Waals surface area contributed by atoms with Gasteiger partial charge in [0.2, 0.25) is 0 Å². The molecule has 2 heteroatoms. The third kappa shape index (κ3) is 4.36.